The van der Waals surface area contributed by atoms with Crippen molar-refractivity contribution in [3.05, 3.63) is 60.1 Å². The fraction of sp³-hybridized carbons (Fsp3) is 0.105. The lowest BCUT2D eigenvalue weighted by atomic mass is 10.0. The Labute approximate surface area is 171 Å². The molecule has 1 aromatic heterocycles. The van der Waals surface area contributed by atoms with Crippen LogP contribution in [0.5, 0.6) is 5.75 Å². The highest BCUT2D eigenvalue weighted by Gasteiger charge is 2.23. The number of benzene rings is 2. The average Bonchev–Trinajstić information content (AvgIpc) is 3.10. The first kappa shape index (κ1) is 21.3. The minimum atomic E-state index is -4.11. The molecule has 5 N–H and O–H groups in total. The van der Waals surface area contributed by atoms with Crippen molar-refractivity contribution in [3.8, 4) is 28.2 Å². The molecule has 3 aromatic rings. The molecule has 2 aromatic carbocycles. The van der Waals surface area contributed by atoms with Crippen molar-refractivity contribution < 1.29 is 32.0 Å². The zero-order chi connectivity index (χ0) is 22.1. The number of hydroxylamine groups is 2. The minimum absolute atomic E-state index is 0.0178. The molecular weight excluding hydrogens is 417 g/mol. The highest BCUT2D eigenvalue weighted by molar-refractivity contribution is 7.89. The number of rotatable bonds is 6. The predicted octanol–water partition coefficient (Wildman–Crippen LogP) is 2.68. The van der Waals surface area contributed by atoms with Crippen molar-refractivity contribution in [2.24, 2.45) is 10.9 Å². The van der Waals surface area contributed by atoms with Crippen LogP contribution in [0.1, 0.15) is 5.76 Å². The maximum Gasteiger partial charge on any atom is 0.338 e. The van der Waals surface area contributed by atoms with Gasteiger partial charge in [0.25, 0.3) is 0 Å². The van der Waals surface area contributed by atoms with E-state index in [4.69, 9.17) is 20.0 Å². The zero-order valence-electron chi connectivity index (χ0n) is 15.7. The first-order valence-electron chi connectivity index (χ1n) is 8.46. The number of hydrogen-bond acceptors (Lipinski definition) is 6. The van der Waals surface area contributed by atoms with Crippen LogP contribution in [0.15, 0.2) is 57.8 Å². The molecule has 0 unspecified atom stereocenters. The van der Waals surface area contributed by atoms with Crippen molar-refractivity contribution >= 4 is 16.1 Å². The molecule has 0 aliphatic rings. The Balaban J connectivity index is 2.23. The van der Waals surface area contributed by atoms with Gasteiger partial charge in [0.1, 0.15) is 18.1 Å². The number of nitrogens with two attached hydrogens (primary N) is 2. The van der Waals surface area contributed by atoms with E-state index in [9.17, 15) is 22.8 Å². The molecule has 0 saturated heterocycles. The van der Waals surface area contributed by atoms with Gasteiger partial charge < -0.3 is 14.9 Å². The summed E-state index contributed by atoms with van der Waals surface area (Å²) in [5.74, 6) is -0.507. The number of furan rings is 1. The third-order valence-corrected chi connectivity index (χ3v) is 5.21. The van der Waals surface area contributed by atoms with Gasteiger partial charge in [-0.05, 0) is 35.9 Å². The van der Waals surface area contributed by atoms with Crippen LogP contribution in [0, 0.1) is 5.82 Å². The van der Waals surface area contributed by atoms with Crippen LogP contribution in [-0.2, 0) is 16.6 Å². The van der Waals surface area contributed by atoms with Crippen molar-refractivity contribution in [2.45, 2.75) is 11.4 Å². The Hall–Kier alpha value is -3.41. The van der Waals surface area contributed by atoms with Gasteiger partial charge in [0, 0.05) is 11.1 Å². The SMILES string of the molecule is COc1ccc(-c2cc(CN(O)C(N)=O)oc2-c2ccccc2S(N)(=O)=O)cc1F. The maximum absolute atomic E-state index is 14.3. The molecule has 0 aliphatic carbocycles. The van der Waals surface area contributed by atoms with E-state index in [0.29, 0.717) is 11.1 Å². The van der Waals surface area contributed by atoms with Crippen molar-refractivity contribution in [1.29, 1.82) is 0 Å². The van der Waals surface area contributed by atoms with Crippen LogP contribution in [0.25, 0.3) is 22.5 Å². The molecule has 0 bridgehead atoms. The van der Waals surface area contributed by atoms with Crippen molar-refractivity contribution in [3.63, 3.8) is 0 Å². The molecule has 2 amide bonds. The molecule has 9 nitrogen and oxygen atoms in total. The number of carbonyl (C=O) groups excluding carboxylic acids is 1. The summed E-state index contributed by atoms with van der Waals surface area (Å²) >= 11 is 0. The summed E-state index contributed by atoms with van der Waals surface area (Å²) in [6.07, 6.45) is 0. The second kappa shape index (κ2) is 8.14. The van der Waals surface area contributed by atoms with E-state index in [1.807, 2.05) is 0 Å². The van der Waals surface area contributed by atoms with E-state index in [-0.39, 0.29) is 32.8 Å². The van der Waals surface area contributed by atoms with E-state index in [1.165, 1.54) is 43.5 Å². The number of ether oxygens (including phenoxy) is 1. The quantitative estimate of drug-likeness (QED) is 0.400. The van der Waals surface area contributed by atoms with Crippen LogP contribution < -0.4 is 15.6 Å². The zero-order valence-corrected chi connectivity index (χ0v) is 16.5. The van der Waals surface area contributed by atoms with Crippen LogP contribution >= 0.6 is 0 Å². The van der Waals surface area contributed by atoms with E-state index < -0.39 is 28.4 Å². The molecular formula is C19H18FN3O6S. The fourth-order valence-corrected chi connectivity index (χ4v) is 3.63. The van der Waals surface area contributed by atoms with E-state index in [0.717, 1.165) is 0 Å². The molecule has 1 heterocycles. The van der Waals surface area contributed by atoms with E-state index >= 15 is 0 Å². The van der Waals surface area contributed by atoms with Gasteiger partial charge in [-0.3, -0.25) is 5.21 Å². The molecule has 0 aliphatic heterocycles. The number of carbonyl (C=O) groups is 1. The number of amides is 2. The highest BCUT2D eigenvalue weighted by atomic mass is 32.2. The number of methoxy groups -OCH3 is 1. The van der Waals surface area contributed by atoms with Gasteiger partial charge >= 0.3 is 6.03 Å². The first-order valence-corrected chi connectivity index (χ1v) is 10.0. The second-order valence-electron chi connectivity index (χ2n) is 6.24. The fourth-order valence-electron chi connectivity index (χ4n) is 2.90. The van der Waals surface area contributed by atoms with Crippen LogP contribution in [0.4, 0.5) is 9.18 Å². The van der Waals surface area contributed by atoms with Gasteiger partial charge in [-0.15, -0.1) is 0 Å². The molecule has 0 fully saturated rings. The van der Waals surface area contributed by atoms with Gasteiger partial charge in [-0.25, -0.2) is 22.7 Å². The third kappa shape index (κ3) is 4.27. The average molecular weight is 435 g/mol. The second-order valence-corrected chi connectivity index (χ2v) is 7.77. The number of sulfonamides is 1. The number of primary sulfonamides is 1. The molecule has 0 radical (unpaired) electrons. The highest BCUT2D eigenvalue weighted by Crippen LogP contribution is 2.39. The third-order valence-electron chi connectivity index (χ3n) is 4.24. The van der Waals surface area contributed by atoms with Gasteiger partial charge in [0.05, 0.1) is 12.0 Å². The minimum Gasteiger partial charge on any atom is -0.494 e. The maximum atomic E-state index is 14.3. The Kier molecular flexibility index (Phi) is 5.78. The topological polar surface area (TPSA) is 149 Å². The van der Waals surface area contributed by atoms with Gasteiger partial charge in [0.2, 0.25) is 10.0 Å². The molecule has 0 saturated carbocycles. The number of hydrogen-bond donors (Lipinski definition) is 3. The number of nitrogens with zero attached hydrogens (tertiary/aromatic N) is 1. The Morgan fingerprint density at radius 3 is 2.50 bits per heavy atom. The first-order chi connectivity index (χ1) is 14.1. The summed E-state index contributed by atoms with van der Waals surface area (Å²) in [5, 5.41) is 15.2. The van der Waals surface area contributed by atoms with E-state index in [2.05, 4.69) is 0 Å². The Morgan fingerprint density at radius 2 is 1.90 bits per heavy atom. The number of urea groups is 1. The summed E-state index contributed by atoms with van der Waals surface area (Å²) in [7, 11) is -2.79. The summed E-state index contributed by atoms with van der Waals surface area (Å²) in [4.78, 5) is 10.9. The van der Waals surface area contributed by atoms with Gasteiger partial charge in [-0.2, -0.15) is 5.06 Å². The molecule has 0 spiro atoms. The molecule has 158 valence electrons. The summed E-state index contributed by atoms with van der Waals surface area (Å²) in [5.41, 5.74) is 5.79. The lowest BCUT2D eigenvalue weighted by Crippen LogP contribution is -2.31. The van der Waals surface area contributed by atoms with E-state index in [1.54, 1.807) is 12.1 Å². The van der Waals surface area contributed by atoms with Crippen LogP contribution in [-0.4, -0.2) is 31.8 Å². The van der Waals surface area contributed by atoms with Gasteiger partial charge in [-0.1, -0.05) is 18.2 Å². The van der Waals surface area contributed by atoms with Crippen LogP contribution in [0.2, 0.25) is 0 Å². The summed E-state index contributed by atoms with van der Waals surface area (Å²) in [6.45, 7) is -0.418. The monoisotopic (exact) mass is 435 g/mol. The van der Waals surface area contributed by atoms with Crippen molar-refractivity contribution in [2.75, 3.05) is 7.11 Å². The summed E-state index contributed by atoms with van der Waals surface area (Å²) in [6, 6.07) is 10.3. The molecule has 30 heavy (non-hydrogen) atoms. The van der Waals surface area contributed by atoms with Gasteiger partial charge in [0.15, 0.2) is 11.6 Å². The smallest absolute Gasteiger partial charge is 0.338 e. The summed E-state index contributed by atoms with van der Waals surface area (Å²) < 4.78 is 49.0. The standard InChI is InChI=1S/C19H18FN3O6S/c1-28-16-7-6-11(8-15(16)20)14-9-12(10-23(25)19(21)24)29-18(14)13-4-2-3-5-17(13)30(22,26)27/h2-9,25H,10H2,1H3,(H2,21,24)(H2,22,26,27). The molecule has 11 heteroatoms. The lowest BCUT2D eigenvalue weighted by molar-refractivity contribution is -0.0511. The van der Waals surface area contributed by atoms with Crippen molar-refractivity contribution in [1.82, 2.24) is 5.06 Å². The molecule has 0 atom stereocenters. The Morgan fingerprint density at radius 1 is 1.20 bits per heavy atom. The lowest BCUT2D eigenvalue weighted by Gasteiger charge is -2.10. The normalized spacial score (nSPS) is 11.3. The Bertz CT molecular complexity index is 1210. The predicted molar refractivity (Wildman–Crippen MR) is 104 cm³/mol. The number of primary amides is 1. The number of halogens is 1. The van der Waals surface area contributed by atoms with Crippen LogP contribution in [0.3, 0.4) is 0 Å². The molecule has 3 rings (SSSR count). The largest absolute Gasteiger partial charge is 0.494 e.